The van der Waals surface area contributed by atoms with Crippen molar-refractivity contribution in [3.05, 3.63) is 34.9 Å². The molecule has 0 spiro atoms. The number of rotatable bonds is 6. The standard InChI is InChI=1S/C21H33N3O3S/c1-4-20(19-10-9-16-7-5-6-8-18(16)15-19)22-21(25)17-11-13-24(14-12-17)28(26,27)23(2)3/h9-10,15,17,20H,4-8,11-14H2,1-3H3,(H,22,25)/t20-/m1/s1. The molecular formula is C21H33N3O3S. The maximum Gasteiger partial charge on any atom is 0.281 e. The summed E-state index contributed by atoms with van der Waals surface area (Å²) in [5.41, 5.74) is 4.06. The molecule has 156 valence electrons. The molecule has 0 saturated carbocycles. The first-order valence-electron chi connectivity index (χ1n) is 10.4. The minimum Gasteiger partial charge on any atom is -0.349 e. The molecule has 1 amide bonds. The molecule has 1 atom stereocenters. The Morgan fingerprint density at radius 2 is 1.82 bits per heavy atom. The van der Waals surface area contributed by atoms with E-state index in [-0.39, 0.29) is 17.9 Å². The van der Waals surface area contributed by atoms with Crippen molar-refractivity contribution < 1.29 is 13.2 Å². The maximum absolute atomic E-state index is 12.8. The molecule has 1 aromatic rings. The molecule has 28 heavy (non-hydrogen) atoms. The minimum atomic E-state index is -3.39. The maximum atomic E-state index is 12.8. The second kappa shape index (κ2) is 8.93. The van der Waals surface area contributed by atoms with Crippen LogP contribution in [0.15, 0.2) is 18.2 Å². The Balaban J connectivity index is 1.61. The predicted octanol–water partition coefficient (Wildman–Crippen LogP) is 2.65. The van der Waals surface area contributed by atoms with Crippen LogP contribution in [0.1, 0.15) is 61.8 Å². The van der Waals surface area contributed by atoms with E-state index in [9.17, 15) is 13.2 Å². The van der Waals surface area contributed by atoms with Crippen molar-refractivity contribution in [1.29, 1.82) is 0 Å². The molecule has 1 N–H and O–H groups in total. The van der Waals surface area contributed by atoms with Gasteiger partial charge in [-0.2, -0.15) is 17.0 Å². The van der Waals surface area contributed by atoms with Crippen molar-refractivity contribution in [2.75, 3.05) is 27.2 Å². The van der Waals surface area contributed by atoms with Gasteiger partial charge < -0.3 is 5.32 Å². The fraction of sp³-hybridized carbons (Fsp3) is 0.667. The average molecular weight is 408 g/mol. The van der Waals surface area contributed by atoms with Crippen molar-refractivity contribution in [2.45, 2.75) is 57.9 Å². The highest BCUT2D eigenvalue weighted by Crippen LogP contribution is 2.27. The predicted molar refractivity (Wildman–Crippen MR) is 111 cm³/mol. The number of hydrogen-bond donors (Lipinski definition) is 1. The van der Waals surface area contributed by atoms with Gasteiger partial charge in [0.2, 0.25) is 5.91 Å². The largest absolute Gasteiger partial charge is 0.349 e. The van der Waals surface area contributed by atoms with Crippen LogP contribution < -0.4 is 5.32 Å². The highest BCUT2D eigenvalue weighted by Gasteiger charge is 2.32. The molecule has 1 aliphatic heterocycles. The smallest absolute Gasteiger partial charge is 0.281 e. The Morgan fingerprint density at radius 1 is 1.18 bits per heavy atom. The van der Waals surface area contributed by atoms with Crippen LogP contribution in [0, 0.1) is 5.92 Å². The van der Waals surface area contributed by atoms with Gasteiger partial charge in [0.25, 0.3) is 10.2 Å². The molecule has 1 fully saturated rings. The monoisotopic (exact) mass is 407 g/mol. The van der Waals surface area contributed by atoms with Crippen LogP contribution in [0.5, 0.6) is 0 Å². The van der Waals surface area contributed by atoms with Crippen LogP contribution in [0.3, 0.4) is 0 Å². The lowest BCUT2D eigenvalue weighted by molar-refractivity contribution is -0.126. The molecule has 0 aromatic heterocycles. The van der Waals surface area contributed by atoms with E-state index >= 15 is 0 Å². The quantitative estimate of drug-likeness (QED) is 0.788. The lowest BCUT2D eigenvalue weighted by atomic mass is 9.88. The van der Waals surface area contributed by atoms with Gasteiger partial charge in [0.15, 0.2) is 0 Å². The fourth-order valence-electron chi connectivity index (χ4n) is 4.26. The molecule has 3 rings (SSSR count). The molecule has 7 heteroatoms. The van der Waals surface area contributed by atoms with Gasteiger partial charge in [-0.25, -0.2) is 0 Å². The number of fused-ring (bicyclic) bond motifs is 1. The topological polar surface area (TPSA) is 69.7 Å². The number of nitrogens with zero attached hydrogens (tertiary/aromatic N) is 2. The van der Waals surface area contributed by atoms with Gasteiger partial charge in [-0.15, -0.1) is 0 Å². The van der Waals surface area contributed by atoms with Crippen molar-refractivity contribution in [2.24, 2.45) is 5.92 Å². The first kappa shape index (κ1) is 21.3. The minimum absolute atomic E-state index is 0.0169. The number of carbonyl (C=O) groups is 1. The van der Waals surface area contributed by atoms with E-state index in [1.54, 1.807) is 14.1 Å². The molecule has 1 saturated heterocycles. The summed E-state index contributed by atoms with van der Waals surface area (Å²) in [5.74, 6) is -0.0771. The fourth-order valence-corrected chi connectivity index (χ4v) is 5.39. The van der Waals surface area contributed by atoms with Gasteiger partial charge in [-0.1, -0.05) is 25.1 Å². The number of piperidine rings is 1. The van der Waals surface area contributed by atoms with Gasteiger partial charge in [-0.05, 0) is 61.6 Å². The molecule has 2 aliphatic rings. The molecule has 0 bridgehead atoms. The lowest BCUT2D eigenvalue weighted by Crippen LogP contribution is -2.47. The molecule has 0 radical (unpaired) electrons. The Bertz CT molecular complexity index is 799. The molecule has 0 unspecified atom stereocenters. The van der Waals surface area contributed by atoms with E-state index in [4.69, 9.17) is 0 Å². The molecule has 1 heterocycles. The number of nitrogens with one attached hydrogen (secondary N) is 1. The molecule has 1 aromatic carbocycles. The lowest BCUT2D eigenvalue weighted by Gasteiger charge is -2.33. The Labute approximate surface area is 169 Å². The van der Waals surface area contributed by atoms with Crippen molar-refractivity contribution in [1.82, 2.24) is 13.9 Å². The number of amides is 1. The normalized spacial score (nSPS) is 20.0. The number of aryl methyl sites for hydroxylation is 2. The summed E-state index contributed by atoms with van der Waals surface area (Å²) >= 11 is 0. The van der Waals surface area contributed by atoms with E-state index in [2.05, 4.69) is 30.4 Å². The zero-order valence-corrected chi connectivity index (χ0v) is 18.1. The molecule has 6 nitrogen and oxygen atoms in total. The van der Waals surface area contributed by atoms with E-state index < -0.39 is 10.2 Å². The van der Waals surface area contributed by atoms with Crippen molar-refractivity contribution in [3.8, 4) is 0 Å². The summed E-state index contributed by atoms with van der Waals surface area (Å²) in [6.07, 6.45) is 6.79. The van der Waals surface area contributed by atoms with Gasteiger partial charge in [0.05, 0.1) is 6.04 Å². The summed E-state index contributed by atoms with van der Waals surface area (Å²) in [6.45, 7) is 2.89. The van der Waals surface area contributed by atoms with Gasteiger partial charge in [0, 0.05) is 33.1 Å². The SMILES string of the molecule is CC[C@@H](NC(=O)C1CCN(S(=O)(=O)N(C)C)CC1)c1ccc2c(c1)CCCC2. The van der Waals surface area contributed by atoms with Crippen molar-refractivity contribution in [3.63, 3.8) is 0 Å². The zero-order chi connectivity index (χ0) is 20.3. The van der Waals surface area contributed by atoms with E-state index in [1.807, 2.05) is 0 Å². The summed E-state index contributed by atoms with van der Waals surface area (Å²) in [6, 6.07) is 6.67. The van der Waals surface area contributed by atoms with E-state index in [0.717, 1.165) is 19.3 Å². The Hall–Kier alpha value is -1.44. The van der Waals surface area contributed by atoms with Crippen LogP contribution in [0.2, 0.25) is 0 Å². The van der Waals surface area contributed by atoms with Crippen molar-refractivity contribution >= 4 is 16.1 Å². The van der Waals surface area contributed by atoms with Crippen LogP contribution in [-0.4, -0.2) is 50.1 Å². The van der Waals surface area contributed by atoms with Gasteiger partial charge >= 0.3 is 0 Å². The first-order valence-corrected chi connectivity index (χ1v) is 11.8. The summed E-state index contributed by atoms with van der Waals surface area (Å²) in [5, 5.41) is 3.22. The third kappa shape index (κ3) is 4.58. The first-order chi connectivity index (χ1) is 13.3. The molecule has 1 aliphatic carbocycles. The number of carbonyl (C=O) groups excluding carboxylic acids is 1. The third-order valence-corrected chi connectivity index (χ3v) is 8.05. The number of benzene rings is 1. The van der Waals surface area contributed by atoms with E-state index in [1.165, 1.54) is 38.1 Å². The average Bonchev–Trinajstić information content (AvgIpc) is 2.71. The second-order valence-electron chi connectivity index (χ2n) is 8.17. The molecular weight excluding hydrogens is 374 g/mol. The van der Waals surface area contributed by atoms with Crippen LogP contribution in [0.25, 0.3) is 0 Å². The van der Waals surface area contributed by atoms with Crippen LogP contribution >= 0.6 is 0 Å². The van der Waals surface area contributed by atoms with E-state index in [0.29, 0.717) is 25.9 Å². The highest BCUT2D eigenvalue weighted by atomic mass is 32.2. The third-order valence-electron chi connectivity index (χ3n) is 6.11. The Morgan fingerprint density at radius 3 is 2.43 bits per heavy atom. The second-order valence-corrected chi connectivity index (χ2v) is 10.3. The van der Waals surface area contributed by atoms with Gasteiger partial charge in [0.1, 0.15) is 0 Å². The summed E-state index contributed by atoms with van der Waals surface area (Å²) in [7, 11) is -0.313. The van der Waals surface area contributed by atoms with Gasteiger partial charge in [-0.3, -0.25) is 4.79 Å². The van der Waals surface area contributed by atoms with Crippen LogP contribution in [0.4, 0.5) is 0 Å². The van der Waals surface area contributed by atoms with Crippen LogP contribution in [-0.2, 0) is 27.8 Å². The zero-order valence-electron chi connectivity index (χ0n) is 17.3. The summed E-state index contributed by atoms with van der Waals surface area (Å²) < 4.78 is 27.2. The number of hydrogen-bond acceptors (Lipinski definition) is 3. The summed E-state index contributed by atoms with van der Waals surface area (Å²) in [4.78, 5) is 12.8. The highest BCUT2D eigenvalue weighted by molar-refractivity contribution is 7.86. The Kier molecular flexibility index (Phi) is 6.78.